The molecule has 0 saturated heterocycles. The number of hydrogen-bond acceptors (Lipinski definition) is 3. The Kier molecular flexibility index (Phi) is 7.26. The predicted molar refractivity (Wildman–Crippen MR) is 103 cm³/mol. The van der Waals surface area contributed by atoms with Gasteiger partial charge in [0.25, 0.3) is 0 Å². The molecule has 0 spiro atoms. The number of carbonyl (C=O) groups is 1. The number of allylic oxidation sites excluding steroid dienone is 1. The molecule has 3 nitrogen and oxygen atoms in total. The van der Waals surface area contributed by atoms with Crippen LogP contribution in [0.15, 0.2) is 41.8 Å². The van der Waals surface area contributed by atoms with Crippen molar-refractivity contribution in [2.45, 2.75) is 54.4 Å². The minimum absolute atomic E-state index is 0.0000867. The molecule has 136 valence electrons. The van der Waals surface area contributed by atoms with E-state index >= 15 is 0 Å². The Morgan fingerprint density at radius 1 is 1.24 bits per heavy atom. The van der Waals surface area contributed by atoms with Gasteiger partial charge in [0.15, 0.2) is 5.76 Å². The highest BCUT2D eigenvalue weighted by atomic mass is 16.5. The van der Waals surface area contributed by atoms with Crippen LogP contribution >= 0.6 is 0 Å². The first-order valence-electron chi connectivity index (χ1n) is 8.58. The van der Waals surface area contributed by atoms with Crippen molar-refractivity contribution in [3.8, 4) is 0 Å². The molecule has 0 atom stereocenters. The normalized spacial score (nSPS) is 12.1. The number of benzene rings is 1. The van der Waals surface area contributed by atoms with E-state index < -0.39 is 0 Å². The molecule has 0 bridgehead atoms. The van der Waals surface area contributed by atoms with Crippen molar-refractivity contribution < 1.29 is 14.3 Å². The van der Waals surface area contributed by atoms with E-state index in [2.05, 4.69) is 46.9 Å². The first-order valence-corrected chi connectivity index (χ1v) is 8.58. The van der Waals surface area contributed by atoms with Crippen molar-refractivity contribution >= 4 is 11.7 Å². The predicted octanol–water partition coefficient (Wildman–Crippen LogP) is 5.72. The van der Waals surface area contributed by atoms with Crippen molar-refractivity contribution in [2.75, 3.05) is 7.11 Å². The smallest absolute Gasteiger partial charge is 0.336 e. The molecule has 25 heavy (non-hydrogen) atoms. The average molecular weight is 342 g/mol. The fraction of sp³-hybridized carbons (Fsp3) is 0.455. The molecular formula is C22H30O3. The Hall–Kier alpha value is -2.25. The average Bonchev–Trinajstić information content (AvgIpc) is 2.59. The van der Waals surface area contributed by atoms with Gasteiger partial charge in [-0.2, -0.15) is 0 Å². The van der Waals surface area contributed by atoms with Crippen molar-refractivity contribution in [3.05, 3.63) is 58.5 Å². The van der Waals surface area contributed by atoms with Crippen molar-refractivity contribution in [1.29, 1.82) is 0 Å². The van der Waals surface area contributed by atoms with Gasteiger partial charge in [-0.25, -0.2) is 4.79 Å². The molecule has 0 amide bonds. The van der Waals surface area contributed by atoms with Crippen molar-refractivity contribution in [3.63, 3.8) is 0 Å². The fourth-order valence-electron chi connectivity index (χ4n) is 2.27. The van der Waals surface area contributed by atoms with Gasteiger partial charge in [-0.05, 0) is 43.4 Å². The summed E-state index contributed by atoms with van der Waals surface area (Å²) in [5, 5.41) is 0. The third-order valence-electron chi connectivity index (χ3n) is 4.66. The van der Waals surface area contributed by atoms with Crippen LogP contribution in [-0.4, -0.2) is 13.1 Å². The molecule has 0 fully saturated rings. The van der Waals surface area contributed by atoms with Gasteiger partial charge in [-0.1, -0.05) is 51.6 Å². The molecule has 1 aromatic carbocycles. The van der Waals surface area contributed by atoms with Gasteiger partial charge in [-0.15, -0.1) is 0 Å². The lowest BCUT2D eigenvalue weighted by Gasteiger charge is -2.25. The highest BCUT2D eigenvalue weighted by Gasteiger charge is 2.24. The van der Waals surface area contributed by atoms with Gasteiger partial charge in [0.1, 0.15) is 5.76 Å². The number of ether oxygens (including phenoxy) is 2. The molecule has 3 heteroatoms. The summed E-state index contributed by atoms with van der Waals surface area (Å²) >= 11 is 0. The van der Waals surface area contributed by atoms with E-state index in [0.717, 1.165) is 17.5 Å². The molecule has 0 saturated carbocycles. The Morgan fingerprint density at radius 3 is 2.36 bits per heavy atom. The first kappa shape index (κ1) is 20.8. The Bertz CT molecular complexity index is 717. The molecule has 0 heterocycles. The van der Waals surface area contributed by atoms with E-state index in [1.54, 1.807) is 6.92 Å². The summed E-state index contributed by atoms with van der Waals surface area (Å²) in [5.41, 5.74) is 6.61. The van der Waals surface area contributed by atoms with Crippen LogP contribution in [0.2, 0.25) is 0 Å². The number of rotatable bonds is 7. The molecule has 1 rings (SSSR count). The minimum Gasteiger partial charge on any atom is -0.466 e. The molecule has 0 N–H and O–H groups in total. The molecule has 0 radical (unpaired) electrons. The zero-order chi connectivity index (χ0) is 19.2. The van der Waals surface area contributed by atoms with Gasteiger partial charge < -0.3 is 9.47 Å². The third kappa shape index (κ3) is 5.65. The SMILES string of the molecule is C=C=C(OC(CC(C)(C)CC)=C(C)C(=O)OC)c1ccc(C)c(C)c1. The highest BCUT2D eigenvalue weighted by Crippen LogP contribution is 2.33. The molecule has 0 aliphatic heterocycles. The van der Waals surface area contributed by atoms with Crippen LogP contribution in [0.25, 0.3) is 5.76 Å². The van der Waals surface area contributed by atoms with Gasteiger partial charge in [0.2, 0.25) is 0 Å². The molecular weight excluding hydrogens is 312 g/mol. The summed E-state index contributed by atoms with van der Waals surface area (Å²) in [6.07, 6.45) is 1.59. The lowest BCUT2D eigenvalue weighted by molar-refractivity contribution is -0.136. The minimum atomic E-state index is -0.384. The van der Waals surface area contributed by atoms with E-state index in [1.807, 2.05) is 18.2 Å². The van der Waals surface area contributed by atoms with Crippen LogP contribution < -0.4 is 0 Å². The zero-order valence-corrected chi connectivity index (χ0v) is 16.6. The maximum Gasteiger partial charge on any atom is 0.336 e. The van der Waals surface area contributed by atoms with Gasteiger partial charge in [0, 0.05) is 12.0 Å². The highest BCUT2D eigenvalue weighted by molar-refractivity contribution is 5.88. The van der Waals surface area contributed by atoms with E-state index in [0.29, 0.717) is 23.5 Å². The maximum atomic E-state index is 12.0. The number of esters is 1. The summed E-state index contributed by atoms with van der Waals surface area (Å²) in [6.45, 7) is 16.0. The molecule has 0 aromatic heterocycles. The molecule has 1 aromatic rings. The zero-order valence-electron chi connectivity index (χ0n) is 16.6. The molecule has 0 unspecified atom stereocenters. The second-order valence-electron chi connectivity index (χ2n) is 7.14. The van der Waals surface area contributed by atoms with E-state index in [9.17, 15) is 4.79 Å². The van der Waals surface area contributed by atoms with Gasteiger partial charge >= 0.3 is 5.97 Å². The molecule has 0 aliphatic rings. The van der Waals surface area contributed by atoms with Crippen LogP contribution in [0.1, 0.15) is 57.2 Å². The van der Waals surface area contributed by atoms with Crippen LogP contribution in [0.4, 0.5) is 0 Å². The van der Waals surface area contributed by atoms with Crippen molar-refractivity contribution in [2.24, 2.45) is 5.41 Å². The van der Waals surface area contributed by atoms with Gasteiger partial charge in [-0.3, -0.25) is 0 Å². The summed E-state index contributed by atoms with van der Waals surface area (Å²) in [5.74, 6) is 0.738. The number of aryl methyl sites for hydroxylation is 2. The maximum absolute atomic E-state index is 12.0. The topological polar surface area (TPSA) is 35.5 Å². The lowest BCUT2D eigenvalue weighted by atomic mass is 9.85. The van der Waals surface area contributed by atoms with Gasteiger partial charge in [0.05, 0.1) is 12.7 Å². The largest absolute Gasteiger partial charge is 0.466 e. The van der Waals surface area contributed by atoms with Crippen LogP contribution in [0, 0.1) is 19.3 Å². The Balaban J connectivity index is 3.29. The third-order valence-corrected chi connectivity index (χ3v) is 4.66. The van der Waals surface area contributed by atoms with E-state index in [-0.39, 0.29) is 11.4 Å². The lowest BCUT2D eigenvalue weighted by Crippen LogP contribution is -2.15. The van der Waals surface area contributed by atoms with E-state index in [1.165, 1.54) is 12.7 Å². The van der Waals surface area contributed by atoms with Crippen LogP contribution in [0.5, 0.6) is 0 Å². The van der Waals surface area contributed by atoms with E-state index in [4.69, 9.17) is 9.47 Å². The van der Waals surface area contributed by atoms with Crippen LogP contribution in [0.3, 0.4) is 0 Å². The summed E-state index contributed by atoms with van der Waals surface area (Å²) in [4.78, 5) is 12.0. The van der Waals surface area contributed by atoms with Crippen LogP contribution in [-0.2, 0) is 14.3 Å². The Morgan fingerprint density at radius 2 is 1.88 bits per heavy atom. The molecule has 0 aliphatic carbocycles. The summed E-state index contributed by atoms with van der Waals surface area (Å²) in [7, 11) is 1.38. The number of methoxy groups -OCH3 is 1. The number of carbonyl (C=O) groups excluding carboxylic acids is 1. The standard InChI is InChI=1S/C22H30O3/c1-9-19(18-12-11-15(3)16(4)13-18)25-20(14-22(6,7)10-2)17(5)21(23)24-8/h11-13H,1,10,14H2,2-8H3. The Labute approximate surface area is 152 Å². The quantitative estimate of drug-likeness (QED) is 0.275. The number of hydrogen-bond donors (Lipinski definition) is 0. The summed E-state index contributed by atoms with van der Waals surface area (Å²) in [6, 6.07) is 6.06. The monoisotopic (exact) mass is 342 g/mol. The first-order chi connectivity index (χ1) is 11.6. The summed E-state index contributed by atoms with van der Waals surface area (Å²) < 4.78 is 11.0. The second kappa shape index (κ2) is 8.73. The van der Waals surface area contributed by atoms with Crippen molar-refractivity contribution in [1.82, 2.24) is 0 Å². The fourth-order valence-corrected chi connectivity index (χ4v) is 2.27. The second-order valence-corrected chi connectivity index (χ2v) is 7.14.